The molecule has 3 heterocycles. The van der Waals surface area contributed by atoms with Crippen molar-refractivity contribution in [2.45, 2.75) is 31.9 Å². The van der Waals surface area contributed by atoms with Gasteiger partial charge in [-0.25, -0.2) is 24.1 Å². The highest BCUT2D eigenvalue weighted by molar-refractivity contribution is 6.00. The van der Waals surface area contributed by atoms with Gasteiger partial charge in [-0.3, -0.25) is 4.79 Å². The number of carbonyl (C=O) groups excluding carboxylic acids is 1. The molecule has 2 aromatic heterocycles. The number of piperidine rings is 1. The smallest absolute Gasteiger partial charge is 0.342 e. The van der Waals surface area contributed by atoms with Crippen molar-refractivity contribution in [1.29, 1.82) is 5.26 Å². The number of hydrogen-bond acceptors (Lipinski definition) is 7. The Morgan fingerprint density at radius 1 is 1.18 bits per heavy atom. The minimum absolute atomic E-state index is 0.0616. The number of aromatic nitrogens is 3. The van der Waals surface area contributed by atoms with Gasteiger partial charge in [-0.2, -0.15) is 5.26 Å². The maximum Gasteiger partial charge on any atom is 0.342 e. The first-order valence-electron chi connectivity index (χ1n) is 10.6. The monoisotopic (exact) mass is 461 g/mol. The molecule has 1 fully saturated rings. The number of aromatic carboxylic acids is 1. The predicted octanol–water partition coefficient (Wildman–Crippen LogP) is 3.32. The van der Waals surface area contributed by atoms with E-state index in [0.29, 0.717) is 12.8 Å². The van der Waals surface area contributed by atoms with Gasteiger partial charge in [-0.05, 0) is 50.1 Å². The molecule has 0 saturated carbocycles. The maximum absolute atomic E-state index is 14.0. The standard InChI is InChI=1S/C24H20FN5O4/c1-14-3-5-17(34-22-20(24(32)33)15(12-26)7-10-29-22)13-30(14)23(31)18-6-4-16(25)11-19(18)21-27-8-2-9-28-21/h2,4,6-11,14,17H,3,5,13H2,1H3,(H,32,33). The summed E-state index contributed by atoms with van der Waals surface area (Å²) >= 11 is 0. The summed E-state index contributed by atoms with van der Waals surface area (Å²) in [5.74, 6) is -2.13. The van der Waals surface area contributed by atoms with Gasteiger partial charge in [-0.1, -0.05) is 0 Å². The van der Waals surface area contributed by atoms with Crippen LogP contribution < -0.4 is 4.74 Å². The lowest BCUT2D eigenvalue weighted by Gasteiger charge is -2.38. The van der Waals surface area contributed by atoms with E-state index >= 15 is 0 Å². The maximum atomic E-state index is 14.0. The average molecular weight is 461 g/mol. The molecule has 1 aliphatic heterocycles. The van der Waals surface area contributed by atoms with Crippen LogP contribution in [0, 0.1) is 17.1 Å². The number of nitrogens with zero attached hydrogens (tertiary/aromatic N) is 5. The summed E-state index contributed by atoms with van der Waals surface area (Å²) in [5, 5.41) is 18.7. The molecule has 1 aliphatic rings. The number of benzene rings is 1. The van der Waals surface area contributed by atoms with Crippen molar-refractivity contribution in [3.05, 3.63) is 71.4 Å². The zero-order valence-corrected chi connectivity index (χ0v) is 18.2. The van der Waals surface area contributed by atoms with Crippen molar-refractivity contribution >= 4 is 11.9 Å². The summed E-state index contributed by atoms with van der Waals surface area (Å²) in [5.41, 5.74) is 0.144. The van der Waals surface area contributed by atoms with E-state index in [2.05, 4.69) is 15.0 Å². The zero-order valence-electron chi connectivity index (χ0n) is 18.2. The predicted molar refractivity (Wildman–Crippen MR) is 117 cm³/mol. The molecule has 4 rings (SSSR count). The zero-order chi connectivity index (χ0) is 24.2. The summed E-state index contributed by atoms with van der Waals surface area (Å²) in [6, 6.07) is 8.45. The number of likely N-dealkylation sites (tertiary alicyclic amines) is 1. The highest BCUT2D eigenvalue weighted by atomic mass is 19.1. The van der Waals surface area contributed by atoms with Crippen LogP contribution in [0.25, 0.3) is 11.4 Å². The van der Waals surface area contributed by atoms with Crippen molar-refractivity contribution in [2.24, 2.45) is 0 Å². The van der Waals surface area contributed by atoms with Crippen LogP contribution in [0.4, 0.5) is 4.39 Å². The Hall–Kier alpha value is -4.39. The molecule has 0 bridgehead atoms. The Kier molecular flexibility index (Phi) is 6.45. The number of carbonyl (C=O) groups is 2. The van der Waals surface area contributed by atoms with Crippen LogP contribution in [0.15, 0.2) is 48.9 Å². The SMILES string of the molecule is CC1CCC(Oc2nccc(C#N)c2C(=O)O)CN1C(=O)c1ccc(F)cc1-c1ncccn1. The molecule has 1 aromatic carbocycles. The number of rotatable bonds is 5. The minimum Gasteiger partial charge on any atom is -0.477 e. The van der Waals surface area contributed by atoms with Crippen LogP contribution in [0.2, 0.25) is 0 Å². The second-order valence-corrected chi connectivity index (χ2v) is 7.84. The molecule has 9 nitrogen and oxygen atoms in total. The number of halogens is 1. The molecule has 1 saturated heterocycles. The Balaban J connectivity index is 1.62. The highest BCUT2D eigenvalue weighted by Crippen LogP contribution is 2.28. The first-order chi connectivity index (χ1) is 16.4. The van der Waals surface area contributed by atoms with E-state index in [1.807, 2.05) is 13.0 Å². The number of pyridine rings is 1. The van der Waals surface area contributed by atoms with Crippen LogP contribution in [0.5, 0.6) is 5.88 Å². The van der Waals surface area contributed by atoms with Gasteiger partial charge in [0.1, 0.15) is 23.6 Å². The minimum atomic E-state index is -1.32. The van der Waals surface area contributed by atoms with E-state index in [9.17, 15) is 24.3 Å². The molecular formula is C24H20FN5O4. The molecule has 0 aliphatic carbocycles. The van der Waals surface area contributed by atoms with Gasteiger partial charge in [0.2, 0.25) is 5.88 Å². The van der Waals surface area contributed by atoms with Gasteiger partial charge < -0.3 is 14.7 Å². The van der Waals surface area contributed by atoms with Crippen LogP contribution >= 0.6 is 0 Å². The van der Waals surface area contributed by atoms with Crippen LogP contribution in [0.3, 0.4) is 0 Å². The molecule has 2 unspecified atom stereocenters. The van der Waals surface area contributed by atoms with Crippen LogP contribution in [-0.2, 0) is 0 Å². The number of nitriles is 1. The molecular weight excluding hydrogens is 441 g/mol. The molecule has 172 valence electrons. The lowest BCUT2D eigenvalue weighted by Crippen LogP contribution is -2.49. The van der Waals surface area contributed by atoms with Gasteiger partial charge >= 0.3 is 5.97 Å². The van der Waals surface area contributed by atoms with E-state index in [0.717, 1.165) is 0 Å². The third kappa shape index (κ3) is 4.54. The first kappa shape index (κ1) is 22.8. The Bertz CT molecular complexity index is 1280. The van der Waals surface area contributed by atoms with Gasteiger partial charge in [0, 0.05) is 30.2 Å². The third-order valence-corrected chi connectivity index (χ3v) is 5.65. The molecule has 0 radical (unpaired) electrons. The van der Waals surface area contributed by atoms with Gasteiger partial charge in [0.25, 0.3) is 5.91 Å². The van der Waals surface area contributed by atoms with Crippen molar-refractivity contribution in [2.75, 3.05) is 6.54 Å². The van der Waals surface area contributed by atoms with Gasteiger partial charge in [-0.15, -0.1) is 0 Å². The normalized spacial score (nSPS) is 17.6. The first-order valence-corrected chi connectivity index (χ1v) is 10.6. The summed E-state index contributed by atoms with van der Waals surface area (Å²) in [6.07, 6.45) is 4.93. The van der Waals surface area contributed by atoms with Crippen LogP contribution in [0.1, 0.15) is 46.0 Å². The Morgan fingerprint density at radius 2 is 1.94 bits per heavy atom. The molecule has 1 amide bonds. The summed E-state index contributed by atoms with van der Waals surface area (Å²) in [4.78, 5) is 39.1. The molecule has 10 heteroatoms. The van der Waals surface area contributed by atoms with E-state index in [1.54, 1.807) is 11.0 Å². The van der Waals surface area contributed by atoms with Crippen molar-refractivity contribution in [3.8, 4) is 23.3 Å². The molecule has 3 aromatic rings. The fourth-order valence-electron chi connectivity index (χ4n) is 3.92. The van der Waals surface area contributed by atoms with E-state index in [4.69, 9.17) is 4.74 Å². The third-order valence-electron chi connectivity index (χ3n) is 5.65. The molecule has 2 atom stereocenters. The number of hydrogen-bond donors (Lipinski definition) is 1. The molecule has 1 N–H and O–H groups in total. The van der Waals surface area contributed by atoms with E-state index in [1.165, 1.54) is 42.9 Å². The molecule has 0 spiro atoms. The lowest BCUT2D eigenvalue weighted by atomic mass is 9.98. The number of amides is 1. The summed E-state index contributed by atoms with van der Waals surface area (Å²) in [7, 11) is 0. The largest absolute Gasteiger partial charge is 0.477 e. The lowest BCUT2D eigenvalue weighted by molar-refractivity contribution is 0.0363. The van der Waals surface area contributed by atoms with Gasteiger partial charge in [0.05, 0.1) is 17.7 Å². The number of carboxylic acids is 1. The van der Waals surface area contributed by atoms with E-state index < -0.39 is 17.9 Å². The average Bonchev–Trinajstić information content (AvgIpc) is 2.85. The van der Waals surface area contributed by atoms with Crippen molar-refractivity contribution in [3.63, 3.8) is 0 Å². The fraction of sp³-hybridized carbons (Fsp3) is 0.250. The highest BCUT2D eigenvalue weighted by Gasteiger charge is 2.33. The van der Waals surface area contributed by atoms with Crippen LogP contribution in [-0.4, -0.2) is 55.5 Å². The van der Waals surface area contributed by atoms with Gasteiger partial charge in [0.15, 0.2) is 5.82 Å². The number of carboxylic acid groups (broad SMARTS) is 1. The van der Waals surface area contributed by atoms with E-state index in [-0.39, 0.29) is 52.5 Å². The molecule has 34 heavy (non-hydrogen) atoms. The Labute approximate surface area is 194 Å². The second kappa shape index (κ2) is 9.62. The summed E-state index contributed by atoms with van der Waals surface area (Å²) < 4.78 is 19.9. The topological polar surface area (TPSA) is 129 Å². The summed E-state index contributed by atoms with van der Waals surface area (Å²) in [6.45, 7) is 2.05. The van der Waals surface area contributed by atoms with Crippen molar-refractivity contribution < 1.29 is 23.8 Å². The quantitative estimate of drug-likeness (QED) is 0.613. The second-order valence-electron chi connectivity index (χ2n) is 7.84. The fourth-order valence-corrected chi connectivity index (χ4v) is 3.92. The number of ether oxygens (including phenoxy) is 1. The Morgan fingerprint density at radius 3 is 2.65 bits per heavy atom. The van der Waals surface area contributed by atoms with Crippen molar-refractivity contribution in [1.82, 2.24) is 19.9 Å².